The molecule has 35 heavy (non-hydrogen) atoms. The molecular weight excluding hydrogens is 484 g/mol. The molecule has 2 aromatic carbocycles. The summed E-state index contributed by atoms with van der Waals surface area (Å²) in [4.78, 5) is 26.3. The number of benzene rings is 2. The van der Waals surface area contributed by atoms with Gasteiger partial charge in [-0.3, -0.25) is 4.79 Å². The van der Waals surface area contributed by atoms with Crippen LogP contribution < -0.4 is 16.4 Å². The summed E-state index contributed by atoms with van der Waals surface area (Å²) in [6.07, 6.45) is 1.15. The molecule has 0 unspecified atom stereocenters. The lowest BCUT2D eigenvalue weighted by Gasteiger charge is -2.13. The van der Waals surface area contributed by atoms with Crippen LogP contribution >= 0.6 is 11.3 Å². The Morgan fingerprint density at radius 3 is 2.66 bits per heavy atom. The van der Waals surface area contributed by atoms with E-state index in [9.17, 15) is 13.2 Å². The number of nitrogen functional groups attached to an aromatic ring is 1. The first kappa shape index (κ1) is 22.7. The highest BCUT2D eigenvalue weighted by Gasteiger charge is 2.17. The minimum absolute atomic E-state index is 0.0605. The monoisotopic (exact) mass is 504 g/mol. The van der Waals surface area contributed by atoms with Gasteiger partial charge >= 0.3 is 0 Å². The van der Waals surface area contributed by atoms with Gasteiger partial charge in [-0.05, 0) is 48.0 Å². The summed E-state index contributed by atoms with van der Waals surface area (Å²) in [5, 5.41) is 9.34. The van der Waals surface area contributed by atoms with Crippen LogP contribution in [0.15, 0.2) is 64.9 Å². The van der Waals surface area contributed by atoms with Crippen LogP contribution in [0.2, 0.25) is 0 Å². The van der Waals surface area contributed by atoms with Crippen molar-refractivity contribution in [3.8, 4) is 0 Å². The van der Waals surface area contributed by atoms with Crippen molar-refractivity contribution in [2.45, 2.75) is 11.8 Å². The number of nitrogens with zero attached hydrogens (tertiary/aromatic N) is 3. The van der Waals surface area contributed by atoms with E-state index in [0.717, 1.165) is 27.3 Å². The van der Waals surface area contributed by atoms with Crippen molar-refractivity contribution in [2.75, 3.05) is 22.6 Å². The number of rotatable bonds is 5. The largest absolute Gasteiger partial charge is 0.382 e. The Kier molecular flexibility index (Phi) is 5.58. The van der Waals surface area contributed by atoms with Gasteiger partial charge in [-0.15, -0.1) is 11.3 Å². The van der Waals surface area contributed by atoms with E-state index in [1.54, 1.807) is 18.2 Å². The fourth-order valence-electron chi connectivity index (χ4n) is 3.64. The van der Waals surface area contributed by atoms with Crippen molar-refractivity contribution in [3.63, 3.8) is 0 Å². The molecule has 1 amide bonds. The minimum Gasteiger partial charge on any atom is -0.382 e. The van der Waals surface area contributed by atoms with E-state index in [1.165, 1.54) is 23.5 Å². The van der Waals surface area contributed by atoms with E-state index in [0.29, 0.717) is 22.8 Å². The second-order valence-electron chi connectivity index (χ2n) is 8.03. The van der Waals surface area contributed by atoms with Crippen LogP contribution in [0.1, 0.15) is 16.2 Å². The molecule has 0 bridgehead atoms. The fourth-order valence-corrected chi connectivity index (χ4v) is 5.04. The van der Waals surface area contributed by atoms with Gasteiger partial charge in [0.15, 0.2) is 9.84 Å². The highest BCUT2D eigenvalue weighted by atomic mass is 32.2. The molecule has 176 valence electrons. The summed E-state index contributed by atoms with van der Waals surface area (Å²) >= 11 is 1.41. The number of thiophene rings is 1. The number of amides is 1. The minimum atomic E-state index is -3.37. The number of hydrogen-bond donors (Lipinski definition) is 3. The van der Waals surface area contributed by atoms with Crippen molar-refractivity contribution in [2.24, 2.45) is 0 Å². The Bertz CT molecular complexity index is 1730. The number of nitrogens with two attached hydrogens (primary N) is 1. The predicted octanol–water partition coefficient (Wildman–Crippen LogP) is 4.53. The Morgan fingerprint density at radius 1 is 1.03 bits per heavy atom. The average molecular weight is 505 g/mol. The zero-order valence-electron chi connectivity index (χ0n) is 18.7. The molecule has 9 nitrogen and oxygen atoms in total. The third-order valence-electron chi connectivity index (χ3n) is 5.29. The molecule has 3 heterocycles. The maximum atomic E-state index is 13.1. The summed E-state index contributed by atoms with van der Waals surface area (Å²) < 4.78 is 24.6. The zero-order chi connectivity index (χ0) is 24.7. The molecule has 0 aliphatic heterocycles. The Morgan fingerprint density at radius 2 is 1.86 bits per heavy atom. The predicted molar refractivity (Wildman–Crippen MR) is 139 cm³/mol. The molecule has 4 N–H and O–H groups in total. The van der Waals surface area contributed by atoms with Crippen LogP contribution in [0.4, 0.5) is 23.1 Å². The summed E-state index contributed by atoms with van der Waals surface area (Å²) in [6.45, 7) is 1.97. The molecule has 5 aromatic rings. The van der Waals surface area contributed by atoms with Gasteiger partial charge in [0, 0.05) is 17.3 Å². The number of hydrogen-bond acceptors (Lipinski definition) is 9. The maximum Gasteiger partial charge on any atom is 0.294 e. The maximum absolute atomic E-state index is 13.1. The number of nitrogens with one attached hydrogen (secondary N) is 2. The van der Waals surface area contributed by atoms with E-state index >= 15 is 0 Å². The zero-order valence-corrected chi connectivity index (χ0v) is 20.4. The number of anilines is 4. The van der Waals surface area contributed by atoms with Crippen LogP contribution in [0.3, 0.4) is 0 Å². The molecule has 0 saturated carbocycles. The first-order valence-corrected chi connectivity index (χ1v) is 13.2. The Hall–Kier alpha value is -4.09. The first-order chi connectivity index (χ1) is 16.7. The van der Waals surface area contributed by atoms with Gasteiger partial charge in [0.1, 0.15) is 17.5 Å². The number of fused-ring (bicyclic) bond motifs is 2. The number of carbonyl (C=O) groups excluding carboxylic acids is 1. The van der Waals surface area contributed by atoms with E-state index in [1.807, 2.05) is 36.6 Å². The lowest BCUT2D eigenvalue weighted by atomic mass is 10.1. The van der Waals surface area contributed by atoms with Gasteiger partial charge < -0.3 is 16.4 Å². The molecule has 0 spiro atoms. The van der Waals surface area contributed by atoms with Crippen molar-refractivity contribution in [1.82, 2.24) is 15.0 Å². The lowest BCUT2D eigenvalue weighted by molar-refractivity contribution is 0.101. The van der Waals surface area contributed by atoms with E-state index in [-0.39, 0.29) is 16.5 Å². The summed E-state index contributed by atoms with van der Waals surface area (Å²) in [7, 11) is -3.37. The van der Waals surface area contributed by atoms with Gasteiger partial charge in [0.05, 0.1) is 15.1 Å². The highest BCUT2D eigenvalue weighted by Crippen LogP contribution is 2.29. The number of aryl methyl sites for hydroxylation is 1. The molecule has 3 aromatic heterocycles. The molecule has 0 aliphatic carbocycles. The second kappa shape index (κ2) is 8.60. The molecule has 0 saturated heterocycles. The molecule has 0 fully saturated rings. The summed E-state index contributed by atoms with van der Waals surface area (Å²) in [6, 6.07) is 15.8. The van der Waals surface area contributed by atoms with Crippen LogP contribution in [-0.2, 0) is 9.84 Å². The van der Waals surface area contributed by atoms with Crippen LogP contribution in [0, 0.1) is 6.92 Å². The van der Waals surface area contributed by atoms with Gasteiger partial charge in [-0.2, -0.15) is 0 Å². The van der Waals surface area contributed by atoms with E-state index in [2.05, 4.69) is 25.6 Å². The molecular formula is C24H20N6O3S2. The van der Waals surface area contributed by atoms with Gasteiger partial charge in [0.25, 0.3) is 5.91 Å². The van der Waals surface area contributed by atoms with Gasteiger partial charge in [-0.25, -0.2) is 23.4 Å². The lowest BCUT2D eigenvalue weighted by Crippen LogP contribution is -2.17. The van der Waals surface area contributed by atoms with Crippen LogP contribution in [0.25, 0.3) is 21.0 Å². The summed E-state index contributed by atoms with van der Waals surface area (Å²) in [5.41, 5.74) is 8.18. The average Bonchev–Trinajstić information content (AvgIpc) is 3.28. The van der Waals surface area contributed by atoms with E-state index < -0.39 is 15.7 Å². The van der Waals surface area contributed by atoms with Crippen molar-refractivity contribution < 1.29 is 13.2 Å². The molecule has 11 heteroatoms. The number of aromatic nitrogens is 3. The third-order valence-corrected chi connectivity index (χ3v) is 7.32. The summed E-state index contributed by atoms with van der Waals surface area (Å²) in [5.74, 6) is 0.370. The number of sulfone groups is 1. The molecule has 0 atom stereocenters. The third kappa shape index (κ3) is 4.63. The van der Waals surface area contributed by atoms with Crippen molar-refractivity contribution >= 4 is 71.2 Å². The standard InChI is InChI=1S/C24H20N6O3S2/c1-13-6-7-17-14(10-13)11-19(26-15-4-3-5-16(12-15)35(2,32)33)28-22(17)30-24(31)23-27-18-8-9-34-20(18)21(25)29-23/h3-12H,1-2H3,(H2,25,27,29)(H2,26,28,30,31). The fraction of sp³-hybridized carbons (Fsp3) is 0.0833. The van der Waals surface area contributed by atoms with Crippen molar-refractivity contribution in [1.29, 1.82) is 0 Å². The second-order valence-corrected chi connectivity index (χ2v) is 11.0. The first-order valence-electron chi connectivity index (χ1n) is 10.5. The van der Waals surface area contributed by atoms with E-state index in [4.69, 9.17) is 5.73 Å². The smallest absolute Gasteiger partial charge is 0.294 e. The number of pyridine rings is 1. The normalized spacial score (nSPS) is 11.6. The van der Waals surface area contributed by atoms with Crippen LogP contribution in [0.5, 0.6) is 0 Å². The van der Waals surface area contributed by atoms with Crippen LogP contribution in [-0.4, -0.2) is 35.5 Å². The van der Waals surface area contributed by atoms with Gasteiger partial charge in [-0.1, -0.05) is 29.8 Å². The molecule has 0 aliphatic rings. The molecule has 5 rings (SSSR count). The number of carbonyl (C=O) groups is 1. The van der Waals surface area contributed by atoms with Gasteiger partial charge in [0.2, 0.25) is 5.82 Å². The Balaban J connectivity index is 1.54. The Labute approximate surface area is 205 Å². The topological polar surface area (TPSA) is 140 Å². The quantitative estimate of drug-likeness (QED) is 0.317. The SMILES string of the molecule is Cc1ccc2c(NC(=O)c3nc(N)c4sccc4n3)nc(Nc3cccc(S(C)(=O)=O)c3)cc2c1. The van der Waals surface area contributed by atoms with Crippen molar-refractivity contribution in [3.05, 3.63) is 71.4 Å². The molecule has 0 radical (unpaired) electrons. The highest BCUT2D eigenvalue weighted by molar-refractivity contribution is 7.90.